The molecule has 192 valence electrons. The van der Waals surface area contributed by atoms with Crippen LogP contribution in [0.4, 0.5) is 17.6 Å². The number of fused-ring (bicyclic) bond motifs is 2. The predicted molar refractivity (Wildman–Crippen MR) is 131 cm³/mol. The van der Waals surface area contributed by atoms with E-state index in [0.29, 0.717) is 42.2 Å². The SMILES string of the molecule is COc1cc(Nc2cc(CO)[nH]n2)nc(N(C)C2C[C@H]3CCC[C@@H](C2)N3S(=O)(=O)N2CCCC2)n1. The van der Waals surface area contributed by atoms with E-state index in [0.717, 1.165) is 44.9 Å². The number of H-pyrrole nitrogens is 1. The quantitative estimate of drug-likeness (QED) is 0.487. The number of ether oxygens (including phenoxy) is 1. The Labute approximate surface area is 205 Å². The minimum Gasteiger partial charge on any atom is -0.481 e. The van der Waals surface area contributed by atoms with E-state index in [1.165, 1.54) is 0 Å². The fourth-order valence-corrected chi connectivity index (χ4v) is 7.72. The van der Waals surface area contributed by atoms with Gasteiger partial charge in [0, 0.05) is 50.4 Å². The lowest BCUT2D eigenvalue weighted by Crippen LogP contribution is -2.61. The van der Waals surface area contributed by atoms with Crippen molar-refractivity contribution in [3.05, 3.63) is 17.8 Å². The highest BCUT2D eigenvalue weighted by molar-refractivity contribution is 7.86. The molecule has 3 aliphatic heterocycles. The van der Waals surface area contributed by atoms with Crippen LogP contribution in [0, 0.1) is 0 Å². The number of aliphatic hydroxyl groups excluding tert-OH is 1. The number of aromatic amines is 1. The molecule has 1 unspecified atom stereocenters. The molecule has 3 N–H and O–H groups in total. The number of rotatable bonds is 8. The van der Waals surface area contributed by atoms with Crippen LogP contribution in [0.3, 0.4) is 0 Å². The average molecular weight is 507 g/mol. The Morgan fingerprint density at radius 2 is 1.86 bits per heavy atom. The molecule has 2 aromatic heterocycles. The maximum atomic E-state index is 13.4. The van der Waals surface area contributed by atoms with E-state index in [-0.39, 0.29) is 24.7 Å². The van der Waals surface area contributed by atoms with Crippen LogP contribution in [-0.4, -0.2) is 87.7 Å². The highest BCUT2D eigenvalue weighted by atomic mass is 32.2. The third-order valence-corrected chi connectivity index (χ3v) is 9.51. The third-order valence-electron chi connectivity index (χ3n) is 7.36. The van der Waals surface area contributed by atoms with Gasteiger partial charge in [-0.3, -0.25) is 5.10 Å². The van der Waals surface area contributed by atoms with E-state index in [2.05, 4.69) is 25.5 Å². The molecule has 35 heavy (non-hydrogen) atoms. The Morgan fingerprint density at radius 3 is 2.49 bits per heavy atom. The first-order valence-electron chi connectivity index (χ1n) is 12.3. The standard InChI is InChI=1S/C22H34N8O4S/c1-28(22-24-19(13-21(25-22)34-2)23-20-10-15(14-31)26-27-20)18-11-16-6-5-7-17(12-18)30(16)35(32,33)29-8-3-4-9-29/h10,13,16-18,31H,3-9,11-12,14H2,1-2H3,(H2,23,24,25,26,27)/t16-,17+,18?. The molecule has 3 aliphatic rings. The van der Waals surface area contributed by atoms with Crippen molar-refractivity contribution in [2.75, 3.05) is 37.5 Å². The van der Waals surface area contributed by atoms with E-state index in [1.807, 2.05) is 16.3 Å². The zero-order valence-corrected chi connectivity index (χ0v) is 21.0. The molecule has 0 aliphatic carbocycles. The van der Waals surface area contributed by atoms with E-state index in [4.69, 9.17) is 4.74 Å². The fourth-order valence-electron chi connectivity index (χ4n) is 5.60. The summed E-state index contributed by atoms with van der Waals surface area (Å²) < 4.78 is 35.8. The lowest BCUT2D eigenvalue weighted by atomic mass is 9.83. The second-order valence-electron chi connectivity index (χ2n) is 9.58. The summed E-state index contributed by atoms with van der Waals surface area (Å²) in [6.45, 7) is 1.12. The van der Waals surface area contributed by atoms with Crippen LogP contribution in [0.25, 0.3) is 0 Å². The second-order valence-corrected chi connectivity index (χ2v) is 11.4. The first-order valence-corrected chi connectivity index (χ1v) is 13.7. The number of nitrogens with zero attached hydrogens (tertiary/aromatic N) is 6. The molecule has 0 spiro atoms. The lowest BCUT2D eigenvalue weighted by Gasteiger charge is -2.50. The summed E-state index contributed by atoms with van der Waals surface area (Å²) in [5, 5.41) is 19.3. The van der Waals surface area contributed by atoms with Crippen LogP contribution in [0.2, 0.25) is 0 Å². The van der Waals surface area contributed by atoms with Crippen molar-refractivity contribution in [3.8, 4) is 5.88 Å². The Balaban J connectivity index is 1.35. The molecule has 0 saturated carbocycles. The zero-order chi connectivity index (χ0) is 24.6. The molecule has 13 heteroatoms. The van der Waals surface area contributed by atoms with Gasteiger partial charge in [0.15, 0.2) is 5.82 Å². The van der Waals surface area contributed by atoms with Crippen LogP contribution in [0.5, 0.6) is 5.88 Å². The molecule has 2 bridgehead atoms. The van der Waals surface area contributed by atoms with Gasteiger partial charge in [-0.25, -0.2) is 0 Å². The van der Waals surface area contributed by atoms with E-state index in [1.54, 1.807) is 23.5 Å². The fraction of sp³-hybridized carbons (Fsp3) is 0.682. The van der Waals surface area contributed by atoms with Gasteiger partial charge >= 0.3 is 0 Å². The van der Waals surface area contributed by atoms with Crippen molar-refractivity contribution in [2.45, 2.75) is 69.7 Å². The summed E-state index contributed by atoms with van der Waals surface area (Å²) >= 11 is 0. The molecule has 0 aromatic carbocycles. The van der Waals surface area contributed by atoms with Crippen molar-refractivity contribution in [3.63, 3.8) is 0 Å². The highest BCUT2D eigenvalue weighted by Crippen LogP contribution is 2.40. The topological polar surface area (TPSA) is 140 Å². The minimum atomic E-state index is -3.43. The molecule has 3 fully saturated rings. The monoisotopic (exact) mass is 506 g/mol. The Morgan fingerprint density at radius 1 is 1.14 bits per heavy atom. The summed E-state index contributed by atoms with van der Waals surface area (Å²) in [6.07, 6.45) is 6.18. The number of aliphatic hydroxyl groups is 1. The van der Waals surface area contributed by atoms with Crippen LogP contribution in [-0.2, 0) is 16.8 Å². The predicted octanol–water partition coefficient (Wildman–Crippen LogP) is 1.61. The molecule has 0 amide bonds. The Hall–Kier alpha value is -2.48. The first-order chi connectivity index (χ1) is 16.9. The summed E-state index contributed by atoms with van der Waals surface area (Å²) in [4.78, 5) is 11.3. The Kier molecular flexibility index (Phi) is 6.84. The number of methoxy groups -OCH3 is 1. The van der Waals surface area contributed by atoms with Gasteiger partial charge in [-0.15, -0.1) is 0 Å². The maximum Gasteiger partial charge on any atom is 0.282 e. The van der Waals surface area contributed by atoms with Gasteiger partial charge in [0.2, 0.25) is 11.8 Å². The van der Waals surface area contributed by atoms with Crippen molar-refractivity contribution in [1.82, 2.24) is 28.8 Å². The minimum absolute atomic E-state index is 0.00953. The summed E-state index contributed by atoms with van der Waals surface area (Å²) in [5.74, 6) is 1.96. The molecule has 12 nitrogen and oxygen atoms in total. The highest BCUT2D eigenvalue weighted by Gasteiger charge is 2.47. The number of hydrogen-bond acceptors (Lipinski definition) is 9. The van der Waals surface area contributed by atoms with Gasteiger partial charge in [0.05, 0.1) is 19.4 Å². The van der Waals surface area contributed by atoms with Gasteiger partial charge in [-0.05, 0) is 38.5 Å². The smallest absolute Gasteiger partial charge is 0.282 e. The second kappa shape index (κ2) is 9.88. The van der Waals surface area contributed by atoms with Gasteiger partial charge < -0.3 is 20.1 Å². The molecule has 0 radical (unpaired) electrons. The number of aromatic nitrogens is 4. The van der Waals surface area contributed by atoms with Gasteiger partial charge in [-0.2, -0.15) is 32.1 Å². The number of hydrogen-bond donors (Lipinski definition) is 3. The first kappa shape index (κ1) is 24.2. The van der Waals surface area contributed by atoms with E-state index < -0.39 is 10.2 Å². The largest absolute Gasteiger partial charge is 0.481 e. The van der Waals surface area contributed by atoms with Crippen LogP contribution in [0.1, 0.15) is 50.6 Å². The van der Waals surface area contributed by atoms with E-state index in [9.17, 15) is 13.5 Å². The molecular formula is C22H34N8O4S. The molecule has 3 saturated heterocycles. The summed E-state index contributed by atoms with van der Waals surface area (Å²) in [6, 6.07) is 3.48. The van der Waals surface area contributed by atoms with E-state index >= 15 is 0 Å². The van der Waals surface area contributed by atoms with Gasteiger partial charge in [0.25, 0.3) is 10.2 Å². The molecule has 3 atom stereocenters. The number of nitrogens with one attached hydrogen (secondary N) is 2. The molecule has 5 rings (SSSR count). The van der Waals surface area contributed by atoms with Crippen LogP contribution < -0.4 is 15.0 Å². The molecule has 5 heterocycles. The number of piperidine rings is 2. The Bertz CT molecular complexity index is 1120. The summed E-state index contributed by atoms with van der Waals surface area (Å²) in [7, 11) is 0.0885. The molecule has 2 aromatic rings. The van der Waals surface area contributed by atoms with Crippen molar-refractivity contribution in [2.24, 2.45) is 0 Å². The normalized spacial score (nSPS) is 25.5. The van der Waals surface area contributed by atoms with Crippen LogP contribution in [0.15, 0.2) is 12.1 Å². The van der Waals surface area contributed by atoms with Crippen LogP contribution >= 0.6 is 0 Å². The zero-order valence-electron chi connectivity index (χ0n) is 20.2. The van der Waals surface area contributed by atoms with Crippen molar-refractivity contribution >= 4 is 27.8 Å². The molecular weight excluding hydrogens is 472 g/mol. The third kappa shape index (κ3) is 4.82. The average Bonchev–Trinajstić information content (AvgIpc) is 3.55. The summed E-state index contributed by atoms with van der Waals surface area (Å²) in [5.41, 5.74) is 0.591. The van der Waals surface area contributed by atoms with Crippen molar-refractivity contribution < 1.29 is 18.3 Å². The van der Waals surface area contributed by atoms with Crippen molar-refractivity contribution in [1.29, 1.82) is 0 Å². The van der Waals surface area contributed by atoms with Gasteiger partial charge in [-0.1, -0.05) is 6.42 Å². The number of anilines is 3. The van der Waals surface area contributed by atoms with Gasteiger partial charge in [0.1, 0.15) is 5.82 Å². The maximum absolute atomic E-state index is 13.4. The lowest BCUT2D eigenvalue weighted by molar-refractivity contribution is 0.102.